The Kier molecular flexibility index (Phi) is 3.98. The summed E-state index contributed by atoms with van der Waals surface area (Å²) < 4.78 is 29.3. The summed E-state index contributed by atoms with van der Waals surface area (Å²) in [6, 6.07) is 7.91. The first-order valence-electron chi connectivity index (χ1n) is 5.90. The highest BCUT2D eigenvalue weighted by atomic mass is 19.1. The molecule has 0 saturated heterocycles. The van der Waals surface area contributed by atoms with Crippen molar-refractivity contribution in [1.29, 1.82) is 0 Å². The molecule has 5 heteroatoms. The lowest BCUT2D eigenvalue weighted by Crippen LogP contribution is -1.94. The molecule has 0 aliphatic rings. The maximum Gasteiger partial charge on any atom is 0.200 e. The van der Waals surface area contributed by atoms with E-state index in [1.54, 1.807) is 12.1 Å². The van der Waals surface area contributed by atoms with Crippen LogP contribution in [-0.2, 0) is 0 Å². The van der Waals surface area contributed by atoms with Crippen molar-refractivity contribution in [3.63, 3.8) is 0 Å². The normalized spacial score (nSPS) is 10.2. The van der Waals surface area contributed by atoms with Crippen LogP contribution >= 0.6 is 0 Å². The minimum absolute atomic E-state index is 0.123. The van der Waals surface area contributed by atoms with Gasteiger partial charge >= 0.3 is 0 Å². The fourth-order valence-electron chi connectivity index (χ4n) is 1.94. The van der Waals surface area contributed by atoms with Crippen molar-refractivity contribution in [3.05, 3.63) is 36.1 Å². The molecule has 0 aromatic heterocycles. The van der Waals surface area contributed by atoms with Crippen molar-refractivity contribution < 1.29 is 23.7 Å². The number of benzene rings is 2. The summed E-state index contributed by atoms with van der Waals surface area (Å²) in [4.78, 5) is 0. The molecular formula is C15H15FO4. The Bertz CT molecular complexity index is 600. The molecule has 2 rings (SSSR count). The Morgan fingerprint density at radius 1 is 0.900 bits per heavy atom. The first-order chi connectivity index (χ1) is 9.62. The van der Waals surface area contributed by atoms with E-state index in [1.165, 1.54) is 39.5 Å². The van der Waals surface area contributed by atoms with Crippen LogP contribution in [0, 0.1) is 5.82 Å². The number of phenolic OH excluding ortho intramolecular Hbond substituents is 1. The number of methoxy groups -OCH3 is 3. The van der Waals surface area contributed by atoms with Gasteiger partial charge in [0.25, 0.3) is 0 Å². The van der Waals surface area contributed by atoms with Crippen LogP contribution in [0.3, 0.4) is 0 Å². The molecule has 0 fully saturated rings. The quantitative estimate of drug-likeness (QED) is 0.932. The fraction of sp³-hybridized carbons (Fsp3) is 0.200. The summed E-state index contributed by atoms with van der Waals surface area (Å²) >= 11 is 0. The molecule has 106 valence electrons. The molecule has 0 unspecified atom stereocenters. The second-order valence-electron chi connectivity index (χ2n) is 4.05. The van der Waals surface area contributed by atoms with Gasteiger partial charge in [-0.3, -0.25) is 0 Å². The zero-order chi connectivity index (χ0) is 14.7. The molecule has 0 saturated carbocycles. The highest BCUT2D eigenvalue weighted by Crippen LogP contribution is 2.41. The molecule has 0 radical (unpaired) electrons. The standard InChI is InChI=1S/C15H15FO4/c1-18-11-6-4-5-10(14(11)16)9-7-12(19-2)15(17)13(8-9)20-3/h4-8,17H,1-3H3. The number of rotatable bonds is 4. The molecule has 20 heavy (non-hydrogen) atoms. The third-order valence-corrected chi connectivity index (χ3v) is 2.97. The molecule has 4 nitrogen and oxygen atoms in total. The van der Waals surface area contributed by atoms with Gasteiger partial charge in [0, 0.05) is 5.56 Å². The van der Waals surface area contributed by atoms with Crippen molar-refractivity contribution in [1.82, 2.24) is 0 Å². The highest BCUT2D eigenvalue weighted by molar-refractivity contribution is 5.72. The fourth-order valence-corrected chi connectivity index (χ4v) is 1.94. The van der Waals surface area contributed by atoms with Crippen LogP contribution in [0.4, 0.5) is 4.39 Å². The van der Waals surface area contributed by atoms with Crippen LogP contribution < -0.4 is 14.2 Å². The van der Waals surface area contributed by atoms with Gasteiger partial charge in [-0.15, -0.1) is 0 Å². The Labute approximate surface area is 116 Å². The van der Waals surface area contributed by atoms with Gasteiger partial charge in [-0.25, -0.2) is 4.39 Å². The first-order valence-corrected chi connectivity index (χ1v) is 5.90. The Balaban J connectivity index is 2.64. The Hall–Kier alpha value is -2.43. The van der Waals surface area contributed by atoms with Gasteiger partial charge in [0.2, 0.25) is 5.75 Å². The second kappa shape index (κ2) is 5.69. The summed E-state index contributed by atoms with van der Waals surface area (Å²) in [7, 11) is 4.24. The topological polar surface area (TPSA) is 47.9 Å². The van der Waals surface area contributed by atoms with Crippen molar-refractivity contribution >= 4 is 0 Å². The molecule has 0 spiro atoms. The van der Waals surface area contributed by atoms with Crippen molar-refractivity contribution in [2.75, 3.05) is 21.3 Å². The minimum atomic E-state index is -0.482. The Morgan fingerprint density at radius 2 is 1.45 bits per heavy atom. The molecule has 0 aliphatic carbocycles. The molecular weight excluding hydrogens is 263 g/mol. The zero-order valence-electron chi connectivity index (χ0n) is 11.4. The maximum absolute atomic E-state index is 14.3. The van der Waals surface area contributed by atoms with Gasteiger partial charge in [-0.05, 0) is 23.8 Å². The molecule has 1 N–H and O–H groups in total. The van der Waals surface area contributed by atoms with E-state index in [2.05, 4.69) is 0 Å². The third-order valence-electron chi connectivity index (χ3n) is 2.97. The number of phenols is 1. The van der Waals surface area contributed by atoms with Crippen molar-refractivity contribution in [3.8, 4) is 34.1 Å². The molecule has 2 aromatic carbocycles. The van der Waals surface area contributed by atoms with Gasteiger partial charge in [0.15, 0.2) is 23.1 Å². The van der Waals surface area contributed by atoms with Gasteiger partial charge in [-0.2, -0.15) is 0 Å². The summed E-state index contributed by atoms with van der Waals surface area (Å²) in [6.07, 6.45) is 0. The summed E-state index contributed by atoms with van der Waals surface area (Å²) in [6.45, 7) is 0. The summed E-state index contributed by atoms with van der Waals surface area (Å²) in [5.41, 5.74) is 0.855. The van der Waals surface area contributed by atoms with E-state index < -0.39 is 5.82 Å². The second-order valence-corrected chi connectivity index (χ2v) is 4.05. The average molecular weight is 278 g/mol. The largest absolute Gasteiger partial charge is 0.502 e. The van der Waals surface area contributed by atoms with Crippen LogP contribution in [0.1, 0.15) is 0 Å². The number of ether oxygens (including phenoxy) is 3. The van der Waals surface area contributed by atoms with Gasteiger partial charge in [-0.1, -0.05) is 12.1 Å². The van der Waals surface area contributed by atoms with E-state index in [-0.39, 0.29) is 23.0 Å². The maximum atomic E-state index is 14.3. The lowest BCUT2D eigenvalue weighted by atomic mass is 10.0. The van der Waals surface area contributed by atoms with E-state index in [1.807, 2.05) is 0 Å². The SMILES string of the molecule is COc1cc(-c2cccc(OC)c2F)cc(OC)c1O. The molecule has 2 aromatic rings. The Morgan fingerprint density at radius 3 is 1.95 bits per heavy atom. The number of hydrogen-bond acceptors (Lipinski definition) is 4. The predicted molar refractivity (Wildman–Crippen MR) is 73.2 cm³/mol. The molecule has 0 atom stereocenters. The monoisotopic (exact) mass is 278 g/mol. The van der Waals surface area contributed by atoms with Gasteiger partial charge < -0.3 is 19.3 Å². The number of hydrogen-bond donors (Lipinski definition) is 1. The predicted octanol–water partition coefficient (Wildman–Crippen LogP) is 3.22. The van der Waals surface area contributed by atoms with Crippen LogP contribution in [0.15, 0.2) is 30.3 Å². The van der Waals surface area contributed by atoms with E-state index in [0.717, 1.165) is 0 Å². The van der Waals surface area contributed by atoms with Crippen molar-refractivity contribution in [2.45, 2.75) is 0 Å². The van der Waals surface area contributed by atoms with Gasteiger partial charge in [0.1, 0.15) is 0 Å². The minimum Gasteiger partial charge on any atom is -0.502 e. The molecule has 0 heterocycles. The lowest BCUT2D eigenvalue weighted by Gasteiger charge is -2.12. The van der Waals surface area contributed by atoms with Crippen LogP contribution in [0.25, 0.3) is 11.1 Å². The molecule has 0 amide bonds. The van der Waals surface area contributed by atoms with E-state index in [4.69, 9.17) is 14.2 Å². The van der Waals surface area contributed by atoms with Gasteiger partial charge in [0.05, 0.1) is 21.3 Å². The molecule has 0 aliphatic heterocycles. The van der Waals surface area contributed by atoms with Crippen LogP contribution in [-0.4, -0.2) is 26.4 Å². The van der Waals surface area contributed by atoms with E-state index >= 15 is 0 Å². The van der Waals surface area contributed by atoms with Crippen molar-refractivity contribution in [2.24, 2.45) is 0 Å². The van der Waals surface area contributed by atoms with Crippen LogP contribution in [0.5, 0.6) is 23.0 Å². The van der Waals surface area contributed by atoms with E-state index in [9.17, 15) is 9.50 Å². The molecule has 0 bridgehead atoms. The first kappa shape index (κ1) is 14.0. The zero-order valence-corrected chi connectivity index (χ0v) is 11.4. The summed E-state index contributed by atoms with van der Waals surface area (Å²) in [5.74, 6) is -0.0384. The van der Waals surface area contributed by atoms with E-state index in [0.29, 0.717) is 11.1 Å². The lowest BCUT2D eigenvalue weighted by molar-refractivity contribution is 0.340. The number of aromatic hydroxyl groups is 1. The average Bonchev–Trinajstić information content (AvgIpc) is 2.48. The third kappa shape index (κ3) is 2.34. The highest BCUT2D eigenvalue weighted by Gasteiger charge is 2.16. The van der Waals surface area contributed by atoms with Crippen LogP contribution in [0.2, 0.25) is 0 Å². The smallest absolute Gasteiger partial charge is 0.200 e. The number of halogens is 1. The summed E-state index contributed by atoms with van der Waals surface area (Å²) in [5, 5.41) is 9.86.